The fourth-order valence-electron chi connectivity index (χ4n) is 1.88. The van der Waals surface area contributed by atoms with E-state index in [0.29, 0.717) is 0 Å². The molecule has 0 aliphatic carbocycles. The van der Waals surface area contributed by atoms with Gasteiger partial charge in [-0.25, -0.2) is 0 Å². The lowest BCUT2D eigenvalue weighted by atomic mass is 10.0. The van der Waals surface area contributed by atoms with Crippen molar-refractivity contribution in [2.24, 2.45) is 5.92 Å². The summed E-state index contributed by atoms with van der Waals surface area (Å²) < 4.78 is 1.05. The van der Waals surface area contributed by atoms with E-state index in [2.05, 4.69) is 33.0 Å². The summed E-state index contributed by atoms with van der Waals surface area (Å²) in [6, 6.07) is 5.92. The fourth-order valence-corrected chi connectivity index (χ4v) is 3.62. The summed E-state index contributed by atoms with van der Waals surface area (Å²) in [7, 11) is 0. The molecule has 1 aliphatic heterocycles. The molecule has 1 heterocycles. The van der Waals surface area contributed by atoms with Gasteiger partial charge in [0.2, 0.25) is 0 Å². The second kappa shape index (κ2) is 5.82. The topological polar surface area (TPSA) is 38.0 Å². The van der Waals surface area contributed by atoms with E-state index in [-0.39, 0.29) is 0 Å². The zero-order chi connectivity index (χ0) is 11.4. The predicted molar refractivity (Wildman–Crippen MR) is 77.1 cm³/mol. The number of nitrogens with two attached hydrogens (primary N) is 1. The summed E-state index contributed by atoms with van der Waals surface area (Å²) in [5.41, 5.74) is 7.65. The maximum absolute atomic E-state index is 5.71. The van der Waals surface area contributed by atoms with Crippen LogP contribution in [0.4, 0.5) is 11.4 Å². The van der Waals surface area contributed by atoms with Crippen molar-refractivity contribution in [1.82, 2.24) is 0 Å². The summed E-state index contributed by atoms with van der Waals surface area (Å²) >= 11 is 5.60. The first-order valence-corrected chi connectivity index (χ1v) is 7.57. The third-order valence-corrected chi connectivity index (χ3v) is 4.62. The van der Waals surface area contributed by atoms with Gasteiger partial charge in [-0.2, -0.15) is 11.8 Å². The molecule has 3 N–H and O–H groups in total. The van der Waals surface area contributed by atoms with Gasteiger partial charge in [0.15, 0.2) is 0 Å². The summed E-state index contributed by atoms with van der Waals surface area (Å²) in [5, 5.41) is 3.50. The lowest BCUT2D eigenvalue weighted by molar-refractivity contribution is 0.516. The molecular formula is C12H17BrN2S. The summed E-state index contributed by atoms with van der Waals surface area (Å²) in [6.45, 7) is 1.07. The number of thioether (sulfide) groups is 1. The molecule has 2 nitrogen and oxygen atoms in total. The minimum absolute atomic E-state index is 0.798. The van der Waals surface area contributed by atoms with Crippen LogP contribution < -0.4 is 11.1 Å². The Morgan fingerprint density at radius 1 is 1.38 bits per heavy atom. The smallest absolute Gasteiger partial charge is 0.0486 e. The Balaban J connectivity index is 1.88. The monoisotopic (exact) mass is 300 g/mol. The minimum Gasteiger partial charge on any atom is -0.399 e. The van der Waals surface area contributed by atoms with Gasteiger partial charge in [-0.1, -0.05) is 0 Å². The number of benzene rings is 1. The summed E-state index contributed by atoms with van der Waals surface area (Å²) in [6.07, 6.45) is 2.68. The molecule has 1 fully saturated rings. The lowest BCUT2D eigenvalue weighted by Crippen LogP contribution is -2.19. The maximum atomic E-state index is 5.71. The minimum atomic E-state index is 0.798. The molecule has 16 heavy (non-hydrogen) atoms. The van der Waals surface area contributed by atoms with Gasteiger partial charge in [0, 0.05) is 22.4 Å². The van der Waals surface area contributed by atoms with Crippen LogP contribution in [-0.2, 0) is 0 Å². The first-order valence-electron chi connectivity index (χ1n) is 5.62. The van der Waals surface area contributed by atoms with Crippen molar-refractivity contribution in [3.05, 3.63) is 22.7 Å². The van der Waals surface area contributed by atoms with Crippen molar-refractivity contribution in [3.63, 3.8) is 0 Å². The molecule has 0 spiro atoms. The van der Waals surface area contributed by atoms with Crippen molar-refractivity contribution < 1.29 is 0 Å². The lowest BCUT2D eigenvalue weighted by Gasteiger charge is -2.22. The maximum Gasteiger partial charge on any atom is 0.0486 e. The van der Waals surface area contributed by atoms with E-state index in [1.807, 2.05) is 18.2 Å². The third kappa shape index (κ3) is 3.32. The predicted octanol–water partition coefficient (Wildman–Crippen LogP) is 3.59. The molecule has 88 valence electrons. The third-order valence-electron chi connectivity index (χ3n) is 2.92. The molecule has 0 atom stereocenters. The number of hydrogen-bond acceptors (Lipinski definition) is 3. The molecule has 1 aromatic rings. The summed E-state index contributed by atoms with van der Waals surface area (Å²) in [4.78, 5) is 0. The Morgan fingerprint density at radius 2 is 2.12 bits per heavy atom. The highest BCUT2D eigenvalue weighted by Crippen LogP contribution is 2.27. The molecule has 0 unspecified atom stereocenters. The van der Waals surface area contributed by atoms with Gasteiger partial charge >= 0.3 is 0 Å². The first-order chi connectivity index (χ1) is 7.75. The van der Waals surface area contributed by atoms with Crippen LogP contribution in [0.5, 0.6) is 0 Å². The van der Waals surface area contributed by atoms with Crippen molar-refractivity contribution >= 4 is 39.1 Å². The zero-order valence-electron chi connectivity index (χ0n) is 9.21. The van der Waals surface area contributed by atoms with Crippen LogP contribution in [0.25, 0.3) is 0 Å². The highest BCUT2D eigenvalue weighted by atomic mass is 79.9. The van der Waals surface area contributed by atoms with Crippen LogP contribution in [0.3, 0.4) is 0 Å². The van der Waals surface area contributed by atoms with Crippen molar-refractivity contribution in [2.45, 2.75) is 12.8 Å². The van der Waals surface area contributed by atoms with E-state index in [1.54, 1.807) is 0 Å². The molecule has 1 saturated heterocycles. The quantitative estimate of drug-likeness (QED) is 0.838. The van der Waals surface area contributed by atoms with Crippen molar-refractivity contribution in [2.75, 3.05) is 29.1 Å². The standard InChI is InChI=1S/C12H17BrN2S/c13-11-7-10(14)1-2-12(11)15-8-9-3-5-16-6-4-9/h1-2,7,9,15H,3-6,8,14H2. The van der Waals surface area contributed by atoms with Crippen molar-refractivity contribution in [3.8, 4) is 0 Å². The average molecular weight is 301 g/mol. The SMILES string of the molecule is Nc1ccc(NCC2CCSCC2)c(Br)c1. The van der Waals surface area contributed by atoms with E-state index in [4.69, 9.17) is 5.73 Å². The molecule has 0 saturated carbocycles. The molecule has 1 aromatic carbocycles. The van der Waals surface area contributed by atoms with Crippen LogP contribution in [0.1, 0.15) is 12.8 Å². The van der Waals surface area contributed by atoms with Gasteiger partial charge < -0.3 is 11.1 Å². The molecule has 4 heteroatoms. The van der Waals surface area contributed by atoms with Crippen LogP contribution in [0, 0.1) is 5.92 Å². The number of rotatable bonds is 3. The second-order valence-corrected chi connectivity index (χ2v) is 6.26. The Bertz CT molecular complexity index is 351. The average Bonchev–Trinajstić information content (AvgIpc) is 2.29. The number of hydrogen-bond donors (Lipinski definition) is 2. The molecule has 2 rings (SSSR count). The number of halogens is 1. The van der Waals surface area contributed by atoms with Gasteiger partial charge in [-0.05, 0) is 64.4 Å². The van der Waals surface area contributed by atoms with E-state index in [0.717, 1.165) is 28.3 Å². The first kappa shape index (κ1) is 12.1. The molecular weight excluding hydrogens is 284 g/mol. The molecule has 0 radical (unpaired) electrons. The summed E-state index contributed by atoms with van der Waals surface area (Å²) in [5.74, 6) is 3.45. The van der Waals surface area contributed by atoms with Crippen LogP contribution in [0.2, 0.25) is 0 Å². The largest absolute Gasteiger partial charge is 0.399 e. The Kier molecular flexibility index (Phi) is 4.41. The van der Waals surface area contributed by atoms with E-state index < -0.39 is 0 Å². The van der Waals surface area contributed by atoms with Gasteiger partial charge in [0.05, 0.1) is 0 Å². The highest BCUT2D eigenvalue weighted by Gasteiger charge is 2.13. The Hall–Kier alpha value is -0.350. The normalized spacial score (nSPS) is 17.3. The van der Waals surface area contributed by atoms with Crippen LogP contribution in [-0.4, -0.2) is 18.1 Å². The van der Waals surface area contributed by atoms with Crippen molar-refractivity contribution in [1.29, 1.82) is 0 Å². The Morgan fingerprint density at radius 3 is 2.81 bits per heavy atom. The zero-order valence-corrected chi connectivity index (χ0v) is 11.6. The van der Waals surface area contributed by atoms with Gasteiger partial charge in [0.25, 0.3) is 0 Å². The molecule has 0 amide bonds. The molecule has 0 aromatic heterocycles. The second-order valence-electron chi connectivity index (χ2n) is 4.18. The molecule has 1 aliphatic rings. The van der Waals surface area contributed by atoms with Gasteiger partial charge in [-0.3, -0.25) is 0 Å². The highest BCUT2D eigenvalue weighted by molar-refractivity contribution is 9.10. The van der Waals surface area contributed by atoms with Crippen LogP contribution >= 0.6 is 27.7 Å². The van der Waals surface area contributed by atoms with Crippen LogP contribution in [0.15, 0.2) is 22.7 Å². The number of nitrogens with one attached hydrogen (secondary N) is 1. The number of anilines is 2. The van der Waals surface area contributed by atoms with E-state index in [9.17, 15) is 0 Å². The fraction of sp³-hybridized carbons (Fsp3) is 0.500. The van der Waals surface area contributed by atoms with Gasteiger partial charge in [-0.15, -0.1) is 0 Å². The van der Waals surface area contributed by atoms with E-state index in [1.165, 1.54) is 24.3 Å². The molecule has 0 bridgehead atoms. The van der Waals surface area contributed by atoms with E-state index >= 15 is 0 Å². The van der Waals surface area contributed by atoms with Gasteiger partial charge in [0.1, 0.15) is 0 Å². The Labute approximate surface area is 109 Å². The number of nitrogen functional groups attached to an aromatic ring is 1.